The SMILES string of the molecule is C=COCCPF. The van der Waals surface area contributed by atoms with E-state index in [1.54, 1.807) is 0 Å². The van der Waals surface area contributed by atoms with Crippen LogP contribution in [0, 0.1) is 0 Å². The quantitative estimate of drug-likeness (QED) is 0.313. The van der Waals surface area contributed by atoms with E-state index in [0.717, 1.165) is 0 Å². The molecule has 0 fully saturated rings. The van der Waals surface area contributed by atoms with Crippen LogP contribution < -0.4 is 0 Å². The highest BCUT2D eigenvalue weighted by Crippen LogP contribution is 2.07. The first-order valence-corrected chi connectivity index (χ1v) is 3.06. The molecule has 0 aromatic rings. The third kappa shape index (κ3) is 5.90. The van der Waals surface area contributed by atoms with E-state index in [9.17, 15) is 4.20 Å². The lowest BCUT2D eigenvalue weighted by molar-refractivity contribution is 0.273. The standard InChI is InChI=1S/C4H8FOP/c1-2-6-3-4-7-5/h2,7H,1,3-4H2. The highest BCUT2D eigenvalue weighted by molar-refractivity contribution is 7.31. The summed E-state index contributed by atoms with van der Waals surface area (Å²) in [7, 11) is -0.505. The first kappa shape index (κ1) is 6.90. The van der Waals surface area contributed by atoms with Gasteiger partial charge in [-0.2, -0.15) is 0 Å². The lowest BCUT2D eigenvalue weighted by atomic mass is 10.8. The summed E-state index contributed by atoms with van der Waals surface area (Å²) in [6.45, 7) is 3.75. The van der Waals surface area contributed by atoms with Crippen LogP contribution in [0.1, 0.15) is 0 Å². The van der Waals surface area contributed by atoms with Gasteiger partial charge in [-0.15, -0.1) is 0 Å². The summed E-state index contributed by atoms with van der Waals surface area (Å²) in [5.74, 6) is 0. The van der Waals surface area contributed by atoms with Crippen LogP contribution in [0.2, 0.25) is 0 Å². The molecule has 0 spiro atoms. The van der Waals surface area contributed by atoms with Crippen molar-refractivity contribution in [1.29, 1.82) is 0 Å². The number of hydrogen-bond acceptors (Lipinski definition) is 1. The molecule has 0 saturated carbocycles. The van der Waals surface area contributed by atoms with Crippen LogP contribution in [0.15, 0.2) is 12.8 Å². The number of halogens is 1. The second-order valence-electron chi connectivity index (χ2n) is 0.921. The zero-order valence-corrected chi connectivity index (χ0v) is 4.98. The van der Waals surface area contributed by atoms with Gasteiger partial charge in [0.05, 0.1) is 21.8 Å². The molecule has 1 atom stereocenters. The van der Waals surface area contributed by atoms with Crippen molar-refractivity contribution in [2.24, 2.45) is 0 Å². The van der Waals surface area contributed by atoms with E-state index in [1.807, 2.05) is 0 Å². The second-order valence-corrected chi connectivity index (χ2v) is 1.69. The highest BCUT2D eigenvalue weighted by Gasteiger charge is 1.79. The molecule has 0 radical (unpaired) electrons. The normalized spacial score (nSPS) is 9.86. The van der Waals surface area contributed by atoms with E-state index < -0.39 is 8.89 Å². The van der Waals surface area contributed by atoms with E-state index >= 15 is 0 Å². The first-order valence-electron chi connectivity index (χ1n) is 1.98. The molecule has 0 aromatic heterocycles. The van der Waals surface area contributed by atoms with Crippen LogP contribution in [-0.2, 0) is 4.74 Å². The van der Waals surface area contributed by atoms with Crippen LogP contribution in [0.4, 0.5) is 4.20 Å². The summed E-state index contributed by atoms with van der Waals surface area (Å²) in [5, 5.41) is 0. The van der Waals surface area contributed by atoms with Gasteiger partial charge < -0.3 is 4.74 Å². The van der Waals surface area contributed by atoms with Crippen LogP contribution in [0.25, 0.3) is 0 Å². The third-order valence-corrected chi connectivity index (χ3v) is 0.825. The summed E-state index contributed by atoms with van der Waals surface area (Å²) < 4.78 is 15.8. The summed E-state index contributed by atoms with van der Waals surface area (Å²) in [6.07, 6.45) is 1.81. The molecule has 0 aliphatic heterocycles. The molecule has 0 saturated heterocycles. The Morgan fingerprint density at radius 3 is 3.00 bits per heavy atom. The Bertz CT molecular complexity index is 49.0. The topological polar surface area (TPSA) is 9.23 Å². The van der Waals surface area contributed by atoms with Crippen molar-refractivity contribution < 1.29 is 8.93 Å². The van der Waals surface area contributed by atoms with Crippen LogP contribution in [0.5, 0.6) is 0 Å². The van der Waals surface area contributed by atoms with Gasteiger partial charge in [0, 0.05) is 6.16 Å². The number of hydrogen-bond donors (Lipinski definition) is 0. The molecule has 0 rings (SSSR count). The molecule has 0 aliphatic rings. The van der Waals surface area contributed by atoms with Crippen molar-refractivity contribution in [3.8, 4) is 0 Å². The number of rotatable bonds is 4. The Hall–Kier alpha value is -0.100. The fourth-order valence-electron chi connectivity index (χ4n) is 0.181. The van der Waals surface area contributed by atoms with E-state index in [4.69, 9.17) is 0 Å². The smallest absolute Gasteiger partial charge is 0.0934 e. The minimum absolute atomic E-state index is 0.457. The van der Waals surface area contributed by atoms with Crippen molar-refractivity contribution >= 4 is 8.89 Å². The Balaban J connectivity index is 2.56. The molecule has 1 nitrogen and oxygen atoms in total. The van der Waals surface area contributed by atoms with Crippen molar-refractivity contribution in [3.63, 3.8) is 0 Å². The Kier molecular flexibility index (Phi) is 5.82. The molecule has 42 valence electrons. The van der Waals surface area contributed by atoms with Crippen molar-refractivity contribution in [2.45, 2.75) is 0 Å². The van der Waals surface area contributed by atoms with E-state index in [1.165, 1.54) is 6.26 Å². The molecular formula is C4H8FOP. The van der Waals surface area contributed by atoms with Crippen molar-refractivity contribution in [3.05, 3.63) is 12.8 Å². The van der Waals surface area contributed by atoms with Crippen LogP contribution >= 0.6 is 8.89 Å². The van der Waals surface area contributed by atoms with Gasteiger partial charge in [-0.3, -0.25) is 0 Å². The van der Waals surface area contributed by atoms with Gasteiger partial charge in [0.2, 0.25) is 0 Å². The van der Waals surface area contributed by atoms with Crippen LogP contribution in [-0.4, -0.2) is 12.8 Å². The molecule has 0 amide bonds. The van der Waals surface area contributed by atoms with E-state index in [2.05, 4.69) is 11.3 Å². The zero-order valence-electron chi connectivity index (χ0n) is 3.98. The van der Waals surface area contributed by atoms with Gasteiger partial charge in [0.25, 0.3) is 0 Å². The highest BCUT2D eigenvalue weighted by atomic mass is 31.1. The largest absolute Gasteiger partial charge is 0.501 e. The fraction of sp³-hybridized carbons (Fsp3) is 0.500. The predicted octanol–water partition coefficient (Wildman–Crippen LogP) is 1.71. The zero-order chi connectivity index (χ0) is 5.54. The molecule has 1 unspecified atom stereocenters. The summed E-state index contributed by atoms with van der Waals surface area (Å²) in [5.41, 5.74) is 0. The molecule has 0 N–H and O–H groups in total. The van der Waals surface area contributed by atoms with E-state index in [-0.39, 0.29) is 0 Å². The maximum Gasteiger partial charge on any atom is 0.0934 e. The first-order chi connectivity index (χ1) is 3.41. The Morgan fingerprint density at radius 2 is 2.57 bits per heavy atom. The van der Waals surface area contributed by atoms with Gasteiger partial charge in [0.1, 0.15) is 0 Å². The summed E-state index contributed by atoms with van der Waals surface area (Å²) >= 11 is 0. The molecule has 0 heterocycles. The molecule has 0 bridgehead atoms. The lowest BCUT2D eigenvalue weighted by Crippen LogP contribution is -1.85. The number of ether oxygens (including phenoxy) is 1. The maximum absolute atomic E-state index is 11.2. The van der Waals surface area contributed by atoms with Gasteiger partial charge in [-0.25, -0.2) is 4.20 Å². The summed E-state index contributed by atoms with van der Waals surface area (Å²) in [6, 6.07) is 0. The van der Waals surface area contributed by atoms with Crippen molar-refractivity contribution in [1.82, 2.24) is 0 Å². The maximum atomic E-state index is 11.2. The monoisotopic (exact) mass is 122 g/mol. The molecule has 7 heavy (non-hydrogen) atoms. The van der Waals surface area contributed by atoms with Crippen LogP contribution in [0.3, 0.4) is 0 Å². The Morgan fingerprint density at radius 1 is 1.86 bits per heavy atom. The molecule has 0 aliphatic carbocycles. The average molecular weight is 122 g/mol. The Labute approximate surface area is 44.5 Å². The molecule has 0 aromatic carbocycles. The molecule has 3 heteroatoms. The average Bonchev–Trinajstić information content (AvgIpc) is 1.69. The van der Waals surface area contributed by atoms with E-state index in [0.29, 0.717) is 12.8 Å². The fourth-order valence-corrected chi connectivity index (χ4v) is 0.376. The molecular weight excluding hydrogens is 114 g/mol. The lowest BCUT2D eigenvalue weighted by Gasteiger charge is -1.92. The third-order valence-electron chi connectivity index (χ3n) is 0.432. The van der Waals surface area contributed by atoms with Crippen molar-refractivity contribution in [2.75, 3.05) is 12.8 Å². The van der Waals surface area contributed by atoms with Gasteiger partial charge in [0.15, 0.2) is 0 Å². The van der Waals surface area contributed by atoms with Gasteiger partial charge >= 0.3 is 0 Å². The van der Waals surface area contributed by atoms with Gasteiger partial charge in [-0.1, -0.05) is 6.58 Å². The minimum atomic E-state index is -0.505. The van der Waals surface area contributed by atoms with Gasteiger partial charge in [-0.05, 0) is 0 Å². The second kappa shape index (κ2) is 5.90. The predicted molar refractivity (Wildman–Crippen MR) is 30.4 cm³/mol. The minimum Gasteiger partial charge on any atom is -0.501 e. The summed E-state index contributed by atoms with van der Waals surface area (Å²) in [4.78, 5) is 0.